The number of aromatic hydroxyl groups is 1. The van der Waals surface area contributed by atoms with Crippen molar-refractivity contribution in [3.05, 3.63) is 70.3 Å². The van der Waals surface area contributed by atoms with Gasteiger partial charge < -0.3 is 9.84 Å². The third-order valence-electron chi connectivity index (χ3n) is 7.00. The fraction of sp³-hybridized carbons (Fsp3) is 0.462. The van der Waals surface area contributed by atoms with Gasteiger partial charge in [-0.15, -0.1) is 0 Å². The van der Waals surface area contributed by atoms with Crippen LogP contribution in [-0.4, -0.2) is 10.7 Å². The van der Waals surface area contributed by atoms with Gasteiger partial charge in [0.25, 0.3) is 0 Å². The quantitative estimate of drug-likeness (QED) is 0.596. The maximum absolute atomic E-state index is 11.1. The van der Waals surface area contributed by atoms with Gasteiger partial charge in [0, 0.05) is 22.8 Å². The number of hydrogen-bond donors (Lipinski definition) is 1. The molecule has 2 aromatic rings. The minimum absolute atomic E-state index is 0.215. The van der Waals surface area contributed by atoms with Crippen molar-refractivity contribution in [3.8, 4) is 11.5 Å². The Kier molecular flexibility index (Phi) is 4.37. The second-order valence-corrected chi connectivity index (χ2v) is 9.81. The highest BCUT2D eigenvalue weighted by atomic mass is 16.5. The van der Waals surface area contributed by atoms with Crippen LogP contribution in [0.1, 0.15) is 75.6 Å². The molecule has 0 bridgehead atoms. The van der Waals surface area contributed by atoms with Crippen molar-refractivity contribution in [1.29, 1.82) is 0 Å². The lowest BCUT2D eigenvalue weighted by Gasteiger charge is -2.47. The normalized spacial score (nSPS) is 23.3. The first kappa shape index (κ1) is 19.1. The molecule has 0 fully saturated rings. The van der Waals surface area contributed by atoms with E-state index >= 15 is 0 Å². The Balaban J connectivity index is 1.82. The summed E-state index contributed by atoms with van der Waals surface area (Å²) in [6, 6.07) is 12.8. The first-order valence-electron chi connectivity index (χ1n) is 10.4. The molecular weight excluding hydrogens is 344 g/mol. The average molecular weight is 377 g/mol. The first-order chi connectivity index (χ1) is 13.1. The molecule has 0 radical (unpaired) electrons. The zero-order valence-electron chi connectivity index (χ0n) is 18.0. The van der Waals surface area contributed by atoms with E-state index in [2.05, 4.69) is 78.0 Å². The van der Waals surface area contributed by atoms with Crippen LogP contribution >= 0.6 is 0 Å². The molecule has 4 rings (SSSR count). The van der Waals surface area contributed by atoms with Gasteiger partial charge >= 0.3 is 0 Å². The van der Waals surface area contributed by atoms with E-state index in [1.807, 2.05) is 6.07 Å². The van der Waals surface area contributed by atoms with Crippen LogP contribution in [0.2, 0.25) is 0 Å². The molecule has 148 valence electrons. The number of ether oxygens (including phenoxy) is 1. The van der Waals surface area contributed by atoms with Crippen LogP contribution in [0.5, 0.6) is 11.5 Å². The first-order valence-corrected chi connectivity index (χ1v) is 10.4. The van der Waals surface area contributed by atoms with Gasteiger partial charge in [-0.05, 0) is 63.8 Å². The Morgan fingerprint density at radius 1 is 1.04 bits per heavy atom. The summed E-state index contributed by atoms with van der Waals surface area (Å²) in [5.41, 5.74) is 5.53. The second kappa shape index (κ2) is 6.40. The van der Waals surface area contributed by atoms with E-state index < -0.39 is 0 Å². The molecule has 2 aliphatic rings. The van der Waals surface area contributed by atoms with Crippen LogP contribution in [0.4, 0.5) is 0 Å². The fourth-order valence-corrected chi connectivity index (χ4v) is 5.06. The smallest absolute Gasteiger partial charge is 0.127 e. The fourth-order valence-electron chi connectivity index (χ4n) is 5.06. The van der Waals surface area contributed by atoms with Crippen LogP contribution in [0.3, 0.4) is 0 Å². The van der Waals surface area contributed by atoms with Crippen molar-refractivity contribution in [3.63, 3.8) is 0 Å². The lowest BCUT2D eigenvalue weighted by atomic mass is 9.66. The summed E-state index contributed by atoms with van der Waals surface area (Å²) in [7, 11) is 0. The van der Waals surface area contributed by atoms with Crippen LogP contribution in [0, 0.1) is 12.8 Å². The van der Waals surface area contributed by atoms with Gasteiger partial charge in [-0.1, -0.05) is 55.3 Å². The Morgan fingerprint density at radius 3 is 2.39 bits per heavy atom. The molecule has 0 amide bonds. The molecule has 0 saturated heterocycles. The van der Waals surface area contributed by atoms with Crippen molar-refractivity contribution in [2.24, 2.45) is 5.92 Å². The topological polar surface area (TPSA) is 29.5 Å². The third-order valence-corrected chi connectivity index (χ3v) is 7.00. The van der Waals surface area contributed by atoms with Crippen molar-refractivity contribution in [2.75, 3.05) is 0 Å². The Morgan fingerprint density at radius 2 is 1.71 bits per heavy atom. The molecule has 0 aromatic heterocycles. The summed E-state index contributed by atoms with van der Waals surface area (Å²) in [4.78, 5) is 0. The van der Waals surface area contributed by atoms with E-state index in [9.17, 15) is 5.11 Å². The van der Waals surface area contributed by atoms with E-state index in [4.69, 9.17) is 4.74 Å². The van der Waals surface area contributed by atoms with Crippen LogP contribution in [0.15, 0.2) is 48.0 Å². The molecule has 0 saturated carbocycles. The molecule has 2 aromatic carbocycles. The predicted octanol–water partition coefficient (Wildman–Crippen LogP) is 6.64. The monoisotopic (exact) mass is 376 g/mol. The van der Waals surface area contributed by atoms with Crippen molar-refractivity contribution in [2.45, 2.75) is 71.3 Å². The van der Waals surface area contributed by atoms with Gasteiger partial charge in [0.15, 0.2) is 0 Å². The van der Waals surface area contributed by atoms with Gasteiger partial charge in [0.2, 0.25) is 0 Å². The molecule has 1 aliphatic carbocycles. The van der Waals surface area contributed by atoms with Gasteiger partial charge in [-0.3, -0.25) is 0 Å². The predicted molar refractivity (Wildman–Crippen MR) is 115 cm³/mol. The highest BCUT2D eigenvalue weighted by molar-refractivity contribution is 5.55. The largest absolute Gasteiger partial charge is 0.508 e. The molecule has 1 N–H and O–H groups in total. The molecule has 2 unspecified atom stereocenters. The SMILES string of the molecule is CC1=CCC2C(C1)c1c(O)cc(C(C)(C)c3ccc(C)cc3)cc1OC2(C)C. The van der Waals surface area contributed by atoms with E-state index in [0.717, 1.165) is 29.7 Å². The summed E-state index contributed by atoms with van der Waals surface area (Å²) < 4.78 is 6.51. The molecule has 1 heterocycles. The molecule has 2 heteroatoms. The van der Waals surface area contributed by atoms with Crippen molar-refractivity contribution in [1.82, 2.24) is 0 Å². The molecule has 1 aliphatic heterocycles. The lowest BCUT2D eigenvalue weighted by molar-refractivity contribution is 0.00745. The molecule has 2 nitrogen and oxygen atoms in total. The minimum Gasteiger partial charge on any atom is -0.508 e. The maximum atomic E-state index is 11.1. The third kappa shape index (κ3) is 3.03. The Hall–Kier alpha value is -2.22. The summed E-state index contributed by atoms with van der Waals surface area (Å²) in [5.74, 6) is 1.95. The van der Waals surface area contributed by atoms with Crippen molar-refractivity contribution >= 4 is 0 Å². The van der Waals surface area contributed by atoms with E-state index in [-0.39, 0.29) is 11.0 Å². The van der Waals surface area contributed by atoms with Crippen LogP contribution < -0.4 is 4.74 Å². The molecular formula is C26H32O2. The van der Waals surface area contributed by atoms with Gasteiger partial charge in [-0.2, -0.15) is 0 Å². The van der Waals surface area contributed by atoms with Crippen molar-refractivity contribution < 1.29 is 9.84 Å². The Labute approximate surface area is 169 Å². The van der Waals surface area contributed by atoms with Gasteiger partial charge in [-0.25, -0.2) is 0 Å². The molecule has 2 atom stereocenters. The number of hydrogen-bond acceptors (Lipinski definition) is 2. The molecule has 28 heavy (non-hydrogen) atoms. The summed E-state index contributed by atoms with van der Waals surface area (Å²) >= 11 is 0. The van der Waals surface area contributed by atoms with Gasteiger partial charge in [0.05, 0.1) is 0 Å². The second-order valence-electron chi connectivity index (χ2n) is 9.81. The zero-order chi connectivity index (χ0) is 20.3. The zero-order valence-corrected chi connectivity index (χ0v) is 18.0. The summed E-state index contributed by atoms with van der Waals surface area (Å²) in [6.07, 6.45) is 4.35. The number of allylic oxidation sites excluding steroid dienone is 2. The molecule has 0 spiro atoms. The number of benzene rings is 2. The summed E-state index contributed by atoms with van der Waals surface area (Å²) in [6.45, 7) is 13.1. The number of rotatable bonds is 2. The van der Waals surface area contributed by atoms with Crippen LogP contribution in [0.25, 0.3) is 0 Å². The number of phenolic OH excluding ortho intramolecular Hbond substituents is 1. The van der Waals surface area contributed by atoms with Crippen LogP contribution in [-0.2, 0) is 5.41 Å². The number of phenols is 1. The van der Waals surface area contributed by atoms with E-state index in [0.29, 0.717) is 17.6 Å². The highest BCUT2D eigenvalue weighted by Gasteiger charge is 2.46. The lowest BCUT2D eigenvalue weighted by Crippen LogP contribution is -2.45. The highest BCUT2D eigenvalue weighted by Crippen LogP contribution is 2.55. The standard InChI is InChI=1S/C26H32O2/c1-16-7-10-18(11-8-16)25(3,4)19-14-22(27)24-20-13-17(2)9-12-21(20)26(5,6)28-23(24)15-19/h7-11,14-15,20-21,27H,12-13H2,1-6H3. The number of aryl methyl sites for hydroxylation is 1. The minimum atomic E-state index is -0.242. The Bertz CT molecular complexity index is 932. The summed E-state index contributed by atoms with van der Waals surface area (Å²) in [5, 5.41) is 11.1. The van der Waals surface area contributed by atoms with E-state index in [1.165, 1.54) is 16.7 Å². The average Bonchev–Trinajstić information content (AvgIpc) is 2.60. The van der Waals surface area contributed by atoms with E-state index in [1.54, 1.807) is 0 Å². The maximum Gasteiger partial charge on any atom is 0.127 e. The number of fused-ring (bicyclic) bond motifs is 3. The van der Waals surface area contributed by atoms with Gasteiger partial charge in [0.1, 0.15) is 17.1 Å².